The summed E-state index contributed by atoms with van der Waals surface area (Å²) in [6.45, 7) is 23.6. The van der Waals surface area contributed by atoms with Crippen LogP contribution in [-0.2, 0) is 16.2 Å². The summed E-state index contributed by atoms with van der Waals surface area (Å²) in [6.07, 6.45) is 2.36. The molecule has 0 amide bonds. The molecular formula is C51H53BN2. The molecule has 9 rings (SSSR count). The van der Waals surface area contributed by atoms with Gasteiger partial charge in [0.1, 0.15) is 0 Å². The number of anilines is 6. The fourth-order valence-electron chi connectivity index (χ4n) is 9.59. The minimum absolute atomic E-state index is 0.0141. The van der Waals surface area contributed by atoms with Crippen LogP contribution in [0.5, 0.6) is 0 Å². The minimum atomic E-state index is 0.0141. The van der Waals surface area contributed by atoms with Gasteiger partial charge in [-0.15, -0.1) is 0 Å². The number of nitrogens with zero attached hydrogens (tertiary/aromatic N) is 2. The molecule has 2 heterocycles. The van der Waals surface area contributed by atoms with Crippen molar-refractivity contribution in [2.45, 2.75) is 98.3 Å². The van der Waals surface area contributed by atoms with Gasteiger partial charge >= 0.3 is 0 Å². The molecule has 1 aliphatic carbocycles. The van der Waals surface area contributed by atoms with Crippen LogP contribution in [0.4, 0.5) is 34.1 Å². The third kappa shape index (κ3) is 5.37. The average Bonchev–Trinajstić information content (AvgIpc) is 3.13. The van der Waals surface area contributed by atoms with Crippen molar-refractivity contribution in [3.63, 3.8) is 0 Å². The Morgan fingerprint density at radius 2 is 1.11 bits per heavy atom. The highest BCUT2D eigenvalue weighted by Crippen LogP contribution is 2.51. The maximum absolute atomic E-state index is 2.65. The van der Waals surface area contributed by atoms with Gasteiger partial charge in [0.25, 0.3) is 6.71 Å². The van der Waals surface area contributed by atoms with Crippen LogP contribution >= 0.6 is 0 Å². The van der Waals surface area contributed by atoms with Crippen molar-refractivity contribution in [2.24, 2.45) is 0 Å². The van der Waals surface area contributed by atoms with Gasteiger partial charge in [-0.2, -0.15) is 0 Å². The Morgan fingerprint density at radius 1 is 0.519 bits per heavy atom. The lowest BCUT2D eigenvalue weighted by molar-refractivity contribution is 0.332. The van der Waals surface area contributed by atoms with Gasteiger partial charge in [-0.3, -0.25) is 0 Å². The first-order chi connectivity index (χ1) is 25.6. The SMILES string of the molecule is Cc1ccc(N2c3ccc(C)cc3B3c4cc5c(cc4N(c4ccc(C(C)(C)C)cc4-c4ccccc4)c4cc(C)cc2c43)C(C)(C)CCC5(C)C)cc1. The van der Waals surface area contributed by atoms with Crippen LogP contribution in [0.2, 0.25) is 0 Å². The predicted octanol–water partition coefficient (Wildman–Crippen LogP) is 12.0. The zero-order chi connectivity index (χ0) is 37.9. The summed E-state index contributed by atoms with van der Waals surface area (Å²) < 4.78 is 0. The van der Waals surface area contributed by atoms with Gasteiger partial charge in [-0.05, 0) is 143 Å². The summed E-state index contributed by atoms with van der Waals surface area (Å²) in [5.74, 6) is 0. The molecule has 0 saturated carbocycles. The van der Waals surface area contributed by atoms with E-state index >= 15 is 0 Å². The van der Waals surface area contributed by atoms with E-state index in [0.717, 1.165) is 0 Å². The molecule has 0 bridgehead atoms. The van der Waals surface area contributed by atoms with Crippen LogP contribution < -0.4 is 26.2 Å². The predicted molar refractivity (Wildman–Crippen MR) is 234 cm³/mol. The molecule has 270 valence electrons. The van der Waals surface area contributed by atoms with Gasteiger partial charge in [0.2, 0.25) is 0 Å². The van der Waals surface area contributed by atoms with Crippen LogP contribution in [0.3, 0.4) is 0 Å². The molecule has 2 nitrogen and oxygen atoms in total. The van der Waals surface area contributed by atoms with Crippen molar-refractivity contribution in [1.29, 1.82) is 0 Å². The highest BCUT2D eigenvalue weighted by Gasteiger charge is 2.46. The lowest BCUT2D eigenvalue weighted by Gasteiger charge is -2.47. The first-order valence-electron chi connectivity index (χ1n) is 19.9. The Balaban J connectivity index is 1.43. The summed E-state index contributed by atoms with van der Waals surface area (Å²) in [7, 11) is 0. The van der Waals surface area contributed by atoms with E-state index in [2.05, 4.69) is 194 Å². The highest BCUT2D eigenvalue weighted by atomic mass is 15.2. The molecule has 6 aromatic rings. The molecule has 0 unspecified atom stereocenters. The monoisotopic (exact) mass is 704 g/mol. The van der Waals surface area contributed by atoms with E-state index in [1.165, 1.54) is 108 Å². The van der Waals surface area contributed by atoms with Gasteiger partial charge < -0.3 is 9.80 Å². The minimum Gasteiger partial charge on any atom is -0.311 e. The Kier molecular flexibility index (Phi) is 7.71. The number of aryl methyl sites for hydroxylation is 3. The van der Waals surface area contributed by atoms with Crippen molar-refractivity contribution < 1.29 is 0 Å². The van der Waals surface area contributed by atoms with Gasteiger partial charge in [-0.25, -0.2) is 0 Å². The topological polar surface area (TPSA) is 6.48 Å². The van der Waals surface area contributed by atoms with E-state index < -0.39 is 0 Å². The third-order valence-corrected chi connectivity index (χ3v) is 12.8. The van der Waals surface area contributed by atoms with E-state index in [-0.39, 0.29) is 23.0 Å². The number of hydrogen-bond acceptors (Lipinski definition) is 2. The molecule has 0 radical (unpaired) electrons. The summed E-state index contributed by atoms with van der Waals surface area (Å²) in [5, 5.41) is 0. The quantitative estimate of drug-likeness (QED) is 0.169. The standard InChI is InChI=1S/C51H53BN2/c1-32-16-20-37(21-17-32)53-44-22-18-33(2)26-41(44)52-42-30-39-40(51(9,10)25-24-50(39,7)8)31-45(42)54(47-28-34(3)27-46(53)48(47)52)43-23-19-36(49(4,5)6)29-38(43)35-14-12-11-13-15-35/h11-23,26-31H,24-25H2,1-10H3. The molecule has 0 N–H and O–H groups in total. The van der Waals surface area contributed by atoms with E-state index in [1.807, 2.05) is 0 Å². The molecule has 0 aromatic heterocycles. The summed E-state index contributed by atoms with van der Waals surface area (Å²) in [4.78, 5) is 5.19. The van der Waals surface area contributed by atoms with E-state index in [4.69, 9.17) is 0 Å². The Bertz CT molecular complexity index is 2460. The molecular weight excluding hydrogens is 651 g/mol. The largest absolute Gasteiger partial charge is 0.311 e. The molecule has 2 aliphatic heterocycles. The smallest absolute Gasteiger partial charge is 0.252 e. The van der Waals surface area contributed by atoms with E-state index in [9.17, 15) is 0 Å². The molecule has 0 spiro atoms. The molecule has 3 heteroatoms. The number of hydrogen-bond donors (Lipinski definition) is 0. The van der Waals surface area contributed by atoms with Gasteiger partial charge in [-0.1, -0.05) is 126 Å². The lowest BCUT2D eigenvalue weighted by atomic mass is 9.33. The van der Waals surface area contributed by atoms with Gasteiger partial charge in [0.05, 0.1) is 5.69 Å². The fourth-order valence-corrected chi connectivity index (χ4v) is 9.59. The van der Waals surface area contributed by atoms with Crippen molar-refractivity contribution in [3.05, 3.63) is 149 Å². The second-order valence-electron chi connectivity index (χ2n) is 18.8. The fraction of sp³-hybridized carbons (Fsp3) is 0.294. The molecule has 54 heavy (non-hydrogen) atoms. The maximum atomic E-state index is 2.65. The third-order valence-electron chi connectivity index (χ3n) is 12.8. The van der Waals surface area contributed by atoms with E-state index in [1.54, 1.807) is 0 Å². The van der Waals surface area contributed by atoms with Crippen LogP contribution in [0.1, 0.15) is 94.7 Å². The van der Waals surface area contributed by atoms with Crippen LogP contribution in [0.25, 0.3) is 11.1 Å². The van der Waals surface area contributed by atoms with Gasteiger partial charge in [0.15, 0.2) is 0 Å². The number of rotatable bonds is 3. The van der Waals surface area contributed by atoms with Crippen molar-refractivity contribution in [1.82, 2.24) is 0 Å². The van der Waals surface area contributed by atoms with Crippen LogP contribution in [0, 0.1) is 20.8 Å². The Labute approximate surface area is 324 Å². The number of fused-ring (bicyclic) bond motifs is 5. The summed E-state index contributed by atoms with van der Waals surface area (Å²) in [5.41, 5.74) is 22.6. The second kappa shape index (κ2) is 12.0. The zero-order valence-corrected chi connectivity index (χ0v) is 33.9. The van der Waals surface area contributed by atoms with Crippen molar-refractivity contribution >= 4 is 57.2 Å². The molecule has 3 aliphatic rings. The molecule has 6 aromatic carbocycles. The first kappa shape index (κ1) is 34.7. The zero-order valence-electron chi connectivity index (χ0n) is 33.9. The maximum Gasteiger partial charge on any atom is 0.252 e. The summed E-state index contributed by atoms with van der Waals surface area (Å²) in [6, 6.07) is 44.7. The first-order valence-corrected chi connectivity index (χ1v) is 19.9. The lowest BCUT2D eigenvalue weighted by Crippen LogP contribution is -2.62. The normalized spacial score (nSPS) is 16.4. The average molecular weight is 705 g/mol. The second-order valence-corrected chi connectivity index (χ2v) is 18.8. The van der Waals surface area contributed by atoms with Crippen LogP contribution in [0.15, 0.2) is 115 Å². The number of benzene rings is 6. The molecule has 0 saturated heterocycles. The summed E-state index contributed by atoms with van der Waals surface area (Å²) >= 11 is 0. The molecule has 0 atom stereocenters. The van der Waals surface area contributed by atoms with Gasteiger partial charge in [0, 0.05) is 34.0 Å². The molecule has 0 fully saturated rings. The Hall–Kier alpha value is -5.02. The van der Waals surface area contributed by atoms with Crippen molar-refractivity contribution in [2.75, 3.05) is 9.80 Å². The highest BCUT2D eigenvalue weighted by molar-refractivity contribution is 7.00. The van der Waals surface area contributed by atoms with E-state index in [0.29, 0.717) is 0 Å². The van der Waals surface area contributed by atoms with Crippen molar-refractivity contribution in [3.8, 4) is 11.1 Å². The Morgan fingerprint density at radius 3 is 1.78 bits per heavy atom. The van der Waals surface area contributed by atoms with Crippen LogP contribution in [-0.4, -0.2) is 6.71 Å².